The smallest absolute Gasteiger partial charge is 0.317 e. The molecule has 0 unspecified atom stereocenters. The Morgan fingerprint density at radius 3 is 2.23 bits per heavy atom. The van der Waals surface area contributed by atoms with Crippen molar-refractivity contribution in [2.45, 2.75) is 44.6 Å². The zero-order valence-electron chi connectivity index (χ0n) is 16.0. The molecule has 3 amide bonds. The lowest BCUT2D eigenvalue weighted by Gasteiger charge is -2.37. The van der Waals surface area contributed by atoms with Crippen molar-refractivity contribution in [1.82, 2.24) is 20.4 Å². The minimum atomic E-state index is 0.0817. The van der Waals surface area contributed by atoms with Gasteiger partial charge < -0.3 is 20.3 Å². The van der Waals surface area contributed by atoms with Crippen molar-refractivity contribution in [3.05, 3.63) is 0 Å². The SMILES string of the molecule is CNC(=O)C1CCC(NC(=O)N2CCC(CN3CCOCC3)CC2)CC1. The quantitative estimate of drug-likeness (QED) is 0.780. The number of nitrogens with zero attached hydrogens (tertiary/aromatic N) is 2. The molecular formula is C19H34N4O3. The van der Waals surface area contributed by atoms with Crippen LogP contribution in [-0.2, 0) is 9.53 Å². The van der Waals surface area contributed by atoms with Crippen LogP contribution in [0.4, 0.5) is 4.79 Å². The van der Waals surface area contributed by atoms with Crippen LogP contribution in [0.5, 0.6) is 0 Å². The van der Waals surface area contributed by atoms with Gasteiger partial charge in [-0.15, -0.1) is 0 Å². The number of nitrogens with one attached hydrogen (secondary N) is 2. The molecule has 0 spiro atoms. The third kappa shape index (κ3) is 5.33. The molecule has 0 atom stereocenters. The number of carbonyl (C=O) groups is 2. The summed E-state index contributed by atoms with van der Waals surface area (Å²) >= 11 is 0. The number of carbonyl (C=O) groups excluding carboxylic acids is 2. The van der Waals surface area contributed by atoms with E-state index in [-0.39, 0.29) is 23.9 Å². The zero-order valence-corrected chi connectivity index (χ0v) is 16.0. The van der Waals surface area contributed by atoms with E-state index < -0.39 is 0 Å². The number of urea groups is 1. The van der Waals surface area contributed by atoms with E-state index in [1.807, 2.05) is 4.90 Å². The molecule has 3 fully saturated rings. The Balaban J connectivity index is 1.34. The molecule has 0 aromatic rings. The second-order valence-corrected chi connectivity index (χ2v) is 7.96. The molecule has 0 aromatic carbocycles. The van der Waals surface area contributed by atoms with Crippen LogP contribution < -0.4 is 10.6 Å². The van der Waals surface area contributed by atoms with Crippen LogP contribution in [-0.4, -0.2) is 80.8 Å². The van der Waals surface area contributed by atoms with E-state index in [4.69, 9.17) is 4.74 Å². The molecule has 7 nitrogen and oxygen atoms in total. The Kier molecular flexibility index (Phi) is 7.14. The molecule has 26 heavy (non-hydrogen) atoms. The van der Waals surface area contributed by atoms with Gasteiger partial charge in [0, 0.05) is 51.7 Å². The van der Waals surface area contributed by atoms with E-state index in [9.17, 15) is 9.59 Å². The first-order valence-corrected chi connectivity index (χ1v) is 10.2. The molecule has 2 heterocycles. The minimum Gasteiger partial charge on any atom is -0.379 e. The van der Waals surface area contributed by atoms with Gasteiger partial charge in [0.05, 0.1) is 13.2 Å². The molecule has 3 rings (SSSR count). The summed E-state index contributed by atoms with van der Waals surface area (Å²) in [5.41, 5.74) is 0. The van der Waals surface area contributed by atoms with Crippen LogP contribution in [0.1, 0.15) is 38.5 Å². The highest BCUT2D eigenvalue weighted by atomic mass is 16.5. The fraction of sp³-hybridized carbons (Fsp3) is 0.895. The summed E-state index contributed by atoms with van der Waals surface area (Å²) in [6.07, 6.45) is 5.72. The van der Waals surface area contributed by atoms with Crippen molar-refractivity contribution < 1.29 is 14.3 Å². The van der Waals surface area contributed by atoms with E-state index >= 15 is 0 Å². The molecule has 2 saturated heterocycles. The van der Waals surface area contributed by atoms with Crippen molar-refractivity contribution in [1.29, 1.82) is 0 Å². The van der Waals surface area contributed by atoms with Crippen LogP contribution in [0.3, 0.4) is 0 Å². The van der Waals surface area contributed by atoms with E-state index in [2.05, 4.69) is 15.5 Å². The van der Waals surface area contributed by atoms with Gasteiger partial charge in [-0.3, -0.25) is 9.69 Å². The summed E-state index contributed by atoms with van der Waals surface area (Å²) in [5.74, 6) is 0.946. The largest absolute Gasteiger partial charge is 0.379 e. The first-order chi connectivity index (χ1) is 12.7. The van der Waals surface area contributed by atoms with Crippen LogP contribution >= 0.6 is 0 Å². The second kappa shape index (κ2) is 9.55. The minimum absolute atomic E-state index is 0.0817. The highest BCUT2D eigenvalue weighted by Gasteiger charge is 2.29. The average Bonchev–Trinajstić information content (AvgIpc) is 2.69. The molecule has 0 radical (unpaired) electrons. The molecular weight excluding hydrogens is 332 g/mol. The van der Waals surface area contributed by atoms with Gasteiger partial charge in [0.1, 0.15) is 0 Å². The molecule has 148 valence electrons. The van der Waals surface area contributed by atoms with Crippen LogP contribution in [0.2, 0.25) is 0 Å². The van der Waals surface area contributed by atoms with Gasteiger partial charge in [-0.25, -0.2) is 4.79 Å². The monoisotopic (exact) mass is 366 g/mol. The summed E-state index contributed by atoms with van der Waals surface area (Å²) in [6.45, 7) is 6.64. The normalized spacial score (nSPS) is 28.6. The number of ether oxygens (including phenoxy) is 1. The molecule has 0 bridgehead atoms. The predicted octanol–water partition coefficient (Wildman–Crippen LogP) is 1.05. The van der Waals surface area contributed by atoms with E-state index in [0.29, 0.717) is 5.92 Å². The van der Waals surface area contributed by atoms with Crippen LogP contribution in [0.15, 0.2) is 0 Å². The van der Waals surface area contributed by atoms with Gasteiger partial charge in [-0.1, -0.05) is 0 Å². The molecule has 1 saturated carbocycles. The average molecular weight is 367 g/mol. The Bertz CT molecular complexity index is 465. The lowest BCUT2D eigenvalue weighted by molar-refractivity contribution is -0.125. The number of hydrogen-bond donors (Lipinski definition) is 2. The van der Waals surface area contributed by atoms with Crippen LogP contribution in [0, 0.1) is 11.8 Å². The number of morpholine rings is 1. The van der Waals surface area contributed by atoms with Crippen LogP contribution in [0.25, 0.3) is 0 Å². The molecule has 0 aromatic heterocycles. The highest BCUT2D eigenvalue weighted by molar-refractivity contribution is 5.78. The lowest BCUT2D eigenvalue weighted by Crippen LogP contribution is -2.50. The number of amides is 3. The Morgan fingerprint density at radius 2 is 1.62 bits per heavy atom. The molecule has 1 aliphatic carbocycles. The number of piperidine rings is 1. The molecule has 2 N–H and O–H groups in total. The van der Waals surface area contributed by atoms with Gasteiger partial charge in [0.2, 0.25) is 5.91 Å². The maximum absolute atomic E-state index is 12.5. The first kappa shape index (κ1) is 19.4. The summed E-state index contributed by atoms with van der Waals surface area (Å²) in [6, 6.07) is 0.299. The van der Waals surface area contributed by atoms with Gasteiger partial charge in [0.15, 0.2) is 0 Å². The zero-order chi connectivity index (χ0) is 18.4. The number of hydrogen-bond acceptors (Lipinski definition) is 4. The van der Waals surface area contributed by atoms with E-state index in [1.165, 1.54) is 0 Å². The molecule has 2 aliphatic heterocycles. The highest BCUT2D eigenvalue weighted by Crippen LogP contribution is 2.25. The third-order valence-corrected chi connectivity index (χ3v) is 6.19. The van der Waals surface area contributed by atoms with Crippen molar-refractivity contribution in [3.8, 4) is 0 Å². The Labute approximate surface area is 156 Å². The number of likely N-dealkylation sites (tertiary alicyclic amines) is 1. The fourth-order valence-electron chi connectivity index (χ4n) is 4.44. The molecule has 7 heteroatoms. The van der Waals surface area contributed by atoms with E-state index in [1.54, 1.807) is 7.05 Å². The van der Waals surface area contributed by atoms with Gasteiger partial charge in [-0.2, -0.15) is 0 Å². The maximum atomic E-state index is 12.5. The maximum Gasteiger partial charge on any atom is 0.317 e. The van der Waals surface area contributed by atoms with Gasteiger partial charge in [-0.05, 0) is 44.4 Å². The standard InChI is InChI=1S/C19H34N4O3/c1-20-18(24)16-2-4-17(5-3-16)21-19(25)23-8-6-15(7-9-23)14-22-10-12-26-13-11-22/h15-17H,2-14H2,1H3,(H,20,24)(H,21,25). The van der Waals surface area contributed by atoms with Crippen molar-refractivity contribution in [3.63, 3.8) is 0 Å². The van der Waals surface area contributed by atoms with Crippen molar-refractivity contribution in [2.75, 3.05) is 53.0 Å². The summed E-state index contributed by atoms with van der Waals surface area (Å²) in [4.78, 5) is 28.7. The number of rotatable bonds is 4. The van der Waals surface area contributed by atoms with Crippen molar-refractivity contribution in [2.24, 2.45) is 11.8 Å². The second-order valence-electron chi connectivity index (χ2n) is 7.96. The third-order valence-electron chi connectivity index (χ3n) is 6.19. The fourth-order valence-corrected chi connectivity index (χ4v) is 4.44. The Hall–Kier alpha value is -1.34. The van der Waals surface area contributed by atoms with Gasteiger partial charge in [0.25, 0.3) is 0 Å². The summed E-state index contributed by atoms with van der Waals surface area (Å²) in [7, 11) is 1.69. The van der Waals surface area contributed by atoms with Crippen molar-refractivity contribution >= 4 is 11.9 Å². The first-order valence-electron chi connectivity index (χ1n) is 10.2. The topological polar surface area (TPSA) is 73.9 Å². The molecule has 3 aliphatic rings. The predicted molar refractivity (Wildman–Crippen MR) is 99.9 cm³/mol. The van der Waals surface area contributed by atoms with E-state index in [0.717, 1.165) is 84.5 Å². The Morgan fingerprint density at radius 1 is 0.962 bits per heavy atom. The lowest BCUT2D eigenvalue weighted by atomic mass is 9.85. The summed E-state index contributed by atoms with van der Waals surface area (Å²) < 4.78 is 5.41. The summed E-state index contributed by atoms with van der Waals surface area (Å²) in [5, 5.41) is 5.92. The van der Waals surface area contributed by atoms with Gasteiger partial charge >= 0.3 is 6.03 Å².